The van der Waals surface area contributed by atoms with Gasteiger partial charge in [-0.05, 0) is 72.7 Å². The number of pyridine rings is 1. The Hall–Kier alpha value is -3.78. The monoisotopic (exact) mass is 486 g/mol. The largest absolute Gasteiger partial charge is 0.507 e. The molecule has 3 N–H and O–H groups in total. The molecule has 0 saturated carbocycles. The van der Waals surface area contributed by atoms with Gasteiger partial charge < -0.3 is 20.1 Å². The minimum atomic E-state index is -0.113. The first kappa shape index (κ1) is 23.0. The lowest BCUT2D eigenvalue weighted by atomic mass is 10.0. The van der Waals surface area contributed by atoms with E-state index in [4.69, 9.17) is 4.74 Å². The van der Waals surface area contributed by atoms with Gasteiger partial charge in [-0.3, -0.25) is 4.79 Å². The van der Waals surface area contributed by atoms with Crippen molar-refractivity contribution in [3.8, 4) is 34.1 Å². The summed E-state index contributed by atoms with van der Waals surface area (Å²) in [5.74, 6) is 1.00. The van der Waals surface area contributed by atoms with Crippen LogP contribution < -0.4 is 10.1 Å². The molecule has 2 aromatic carbocycles. The van der Waals surface area contributed by atoms with Gasteiger partial charge in [0.1, 0.15) is 11.6 Å². The van der Waals surface area contributed by atoms with Gasteiger partial charge in [-0.1, -0.05) is 12.1 Å². The number of methoxy groups -OCH3 is 1. The fraction of sp³-hybridized carbons (Fsp3) is 0.222. The molecular weight excluding hydrogens is 460 g/mol. The highest BCUT2D eigenvalue weighted by molar-refractivity contribution is 8.03. The number of rotatable bonds is 7. The van der Waals surface area contributed by atoms with E-state index in [-0.39, 0.29) is 11.7 Å². The molecule has 1 unspecified atom stereocenters. The Kier molecular flexibility index (Phi) is 6.46. The molecule has 0 radical (unpaired) electrons. The van der Waals surface area contributed by atoms with Crippen LogP contribution in [-0.4, -0.2) is 44.9 Å². The molecule has 8 heteroatoms. The van der Waals surface area contributed by atoms with Crippen LogP contribution in [0.5, 0.6) is 11.6 Å². The number of carbonyl (C=O) groups excluding carboxylic acids is 1. The van der Waals surface area contributed by atoms with Crippen molar-refractivity contribution in [1.29, 1.82) is 0 Å². The van der Waals surface area contributed by atoms with Crippen LogP contribution in [0, 0.1) is 0 Å². The maximum absolute atomic E-state index is 12.7. The van der Waals surface area contributed by atoms with Gasteiger partial charge in [0.15, 0.2) is 0 Å². The number of allylic oxidation sites excluding steroid dienone is 2. The Morgan fingerprint density at radius 3 is 2.91 bits per heavy atom. The number of hydrogen-bond donors (Lipinski definition) is 3. The molecule has 1 aliphatic heterocycles. The van der Waals surface area contributed by atoms with E-state index in [9.17, 15) is 9.90 Å². The number of phenols is 1. The molecule has 1 aliphatic rings. The zero-order valence-corrected chi connectivity index (χ0v) is 20.4. The lowest BCUT2D eigenvalue weighted by Crippen LogP contribution is -2.26. The van der Waals surface area contributed by atoms with Crippen molar-refractivity contribution >= 4 is 28.7 Å². The molecule has 0 aliphatic carbocycles. The number of thioether (sulfide) groups is 1. The zero-order chi connectivity index (χ0) is 24.4. The molecular formula is C27H26N4O3S. The second-order valence-electron chi connectivity index (χ2n) is 8.44. The first-order chi connectivity index (χ1) is 17.0. The molecule has 35 heavy (non-hydrogen) atoms. The van der Waals surface area contributed by atoms with Crippen molar-refractivity contribution < 1.29 is 14.6 Å². The number of amides is 1. The fourth-order valence-corrected chi connectivity index (χ4v) is 5.37. The maximum atomic E-state index is 12.7. The number of ether oxygens (including phenoxy) is 1. The van der Waals surface area contributed by atoms with Crippen molar-refractivity contribution in [2.24, 2.45) is 0 Å². The minimum Gasteiger partial charge on any atom is -0.507 e. The predicted molar refractivity (Wildman–Crippen MR) is 140 cm³/mol. The Labute approximate surface area is 207 Å². The lowest BCUT2D eigenvalue weighted by molar-refractivity contribution is 0.0953. The first-order valence-electron chi connectivity index (χ1n) is 11.5. The lowest BCUT2D eigenvalue weighted by Gasteiger charge is -2.10. The number of benzene rings is 2. The molecule has 0 spiro atoms. The van der Waals surface area contributed by atoms with Gasteiger partial charge in [0.05, 0.1) is 23.7 Å². The van der Waals surface area contributed by atoms with E-state index in [0.717, 1.165) is 29.5 Å². The Bertz CT molecular complexity index is 1430. The Balaban J connectivity index is 1.36. The molecule has 178 valence electrons. The maximum Gasteiger partial charge on any atom is 0.251 e. The summed E-state index contributed by atoms with van der Waals surface area (Å²) in [5.41, 5.74) is 4.20. The highest BCUT2D eigenvalue weighted by Gasteiger charge is 2.17. The SMILES string of the molecule is COc1ncccc1-c1ccc(O)c(-c2nc3cc(C(=O)NCCC4CC=C(C)S4)ccc3[nH]2)c1. The predicted octanol–water partition coefficient (Wildman–Crippen LogP) is 5.54. The van der Waals surface area contributed by atoms with Crippen molar-refractivity contribution in [3.05, 3.63) is 71.3 Å². The molecule has 7 nitrogen and oxygen atoms in total. The van der Waals surface area contributed by atoms with E-state index in [1.54, 1.807) is 31.5 Å². The summed E-state index contributed by atoms with van der Waals surface area (Å²) >= 11 is 1.88. The van der Waals surface area contributed by atoms with Gasteiger partial charge in [0.2, 0.25) is 5.88 Å². The van der Waals surface area contributed by atoms with E-state index in [1.165, 1.54) is 4.91 Å². The van der Waals surface area contributed by atoms with Crippen LogP contribution in [-0.2, 0) is 0 Å². The van der Waals surface area contributed by atoms with Crippen LogP contribution in [0.1, 0.15) is 30.1 Å². The molecule has 2 aromatic heterocycles. The number of aromatic hydroxyl groups is 1. The van der Waals surface area contributed by atoms with Crippen molar-refractivity contribution in [2.45, 2.75) is 25.0 Å². The standard InChI is InChI=1S/C27H26N4O3S/c1-16-5-8-19(35-16)11-13-28-26(33)18-6-9-22-23(15-18)31-25(30-22)21-14-17(7-10-24(21)32)20-4-3-12-29-27(20)34-2/h3-7,9-10,12,14-15,19,32H,8,11,13H2,1-2H3,(H,28,33)(H,30,31). The molecule has 4 aromatic rings. The Morgan fingerprint density at radius 2 is 2.11 bits per heavy atom. The van der Waals surface area contributed by atoms with Gasteiger partial charge in [0.25, 0.3) is 5.91 Å². The number of carbonyl (C=O) groups is 1. The number of H-pyrrole nitrogens is 1. The second-order valence-corrected chi connectivity index (χ2v) is 9.99. The van der Waals surface area contributed by atoms with Gasteiger partial charge >= 0.3 is 0 Å². The van der Waals surface area contributed by atoms with Crippen LogP contribution in [0.4, 0.5) is 0 Å². The van der Waals surface area contributed by atoms with Crippen molar-refractivity contribution in [2.75, 3.05) is 13.7 Å². The van der Waals surface area contributed by atoms with Crippen molar-refractivity contribution in [3.63, 3.8) is 0 Å². The van der Waals surface area contributed by atoms with Crippen LogP contribution in [0.25, 0.3) is 33.5 Å². The average molecular weight is 487 g/mol. The third-order valence-electron chi connectivity index (χ3n) is 6.05. The molecule has 0 bridgehead atoms. The number of hydrogen-bond acceptors (Lipinski definition) is 6. The molecule has 5 rings (SSSR count). The molecule has 0 fully saturated rings. The van der Waals surface area contributed by atoms with E-state index in [0.29, 0.717) is 40.1 Å². The van der Waals surface area contributed by atoms with Crippen LogP contribution in [0.15, 0.2) is 65.7 Å². The minimum absolute atomic E-state index is 0.100. The summed E-state index contributed by atoms with van der Waals surface area (Å²) in [6.07, 6.45) is 5.93. The summed E-state index contributed by atoms with van der Waals surface area (Å²) in [5, 5.41) is 14.1. The van der Waals surface area contributed by atoms with Gasteiger partial charge in [0, 0.05) is 29.1 Å². The molecule has 0 saturated heterocycles. The number of nitrogens with zero attached hydrogens (tertiary/aromatic N) is 2. The smallest absolute Gasteiger partial charge is 0.251 e. The zero-order valence-electron chi connectivity index (χ0n) is 19.5. The van der Waals surface area contributed by atoms with Crippen LogP contribution in [0.3, 0.4) is 0 Å². The summed E-state index contributed by atoms with van der Waals surface area (Å²) in [7, 11) is 1.58. The quantitative estimate of drug-likeness (QED) is 0.317. The molecule has 1 atom stereocenters. The van der Waals surface area contributed by atoms with E-state index in [2.05, 4.69) is 33.3 Å². The normalized spacial score (nSPS) is 15.3. The highest BCUT2D eigenvalue weighted by atomic mass is 32.2. The topological polar surface area (TPSA) is 100 Å². The molecule has 3 heterocycles. The summed E-state index contributed by atoms with van der Waals surface area (Å²) in [4.78, 5) is 26.2. The molecule has 1 amide bonds. The Morgan fingerprint density at radius 1 is 1.23 bits per heavy atom. The summed E-state index contributed by atoms with van der Waals surface area (Å²) < 4.78 is 5.38. The number of imidazole rings is 1. The third kappa shape index (κ3) is 4.88. The van der Waals surface area contributed by atoms with Crippen LogP contribution in [0.2, 0.25) is 0 Å². The number of nitrogens with one attached hydrogen (secondary N) is 2. The van der Waals surface area contributed by atoms with Gasteiger partial charge in [-0.25, -0.2) is 9.97 Å². The second kappa shape index (κ2) is 9.84. The van der Waals surface area contributed by atoms with Gasteiger partial charge in [-0.2, -0.15) is 0 Å². The van der Waals surface area contributed by atoms with Gasteiger partial charge in [-0.15, -0.1) is 11.8 Å². The average Bonchev–Trinajstić information content (AvgIpc) is 3.49. The summed E-state index contributed by atoms with van der Waals surface area (Å²) in [6, 6.07) is 14.4. The van der Waals surface area contributed by atoms with Crippen LogP contribution >= 0.6 is 11.8 Å². The third-order valence-corrected chi connectivity index (χ3v) is 7.34. The van der Waals surface area contributed by atoms with E-state index < -0.39 is 0 Å². The summed E-state index contributed by atoms with van der Waals surface area (Å²) in [6.45, 7) is 2.77. The van der Waals surface area contributed by atoms with E-state index >= 15 is 0 Å². The number of aromatic amines is 1. The number of aromatic nitrogens is 3. The number of fused-ring (bicyclic) bond motifs is 1. The fourth-order valence-electron chi connectivity index (χ4n) is 4.22. The number of phenolic OH excluding ortho intramolecular Hbond substituents is 1. The highest BCUT2D eigenvalue weighted by Crippen LogP contribution is 2.36. The first-order valence-corrected chi connectivity index (χ1v) is 12.3. The van der Waals surface area contributed by atoms with Crippen molar-refractivity contribution in [1.82, 2.24) is 20.3 Å². The van der Waals surface area contributed by atoms with E-state index in [1.807, 2.05) is 42.1 Å².